The zero-order valence-electron chi connectivity index (χ0n) is 17.9. The lowest BCUT2D eigenvalue weighted by molar-refractivity contribution is -0.128. The van der Waals surface area contributed by atoms with E-state index in [4.69, 9.17) is 4.74 Å². The summed E-state index contributed by atoms with van der Waals surface area (Å²) in [6.07, 6.45) is 3.39. The number of thiophene rings is 1. The molecule has 1 aliphatic rings. The van der Waals surface area contributed by atoms with Gasteiger partial charge in [-0.3, -0.25) is 9.59 Å². The van der Waals surface area contributed by atoms with Crippen molar-refractivity contribution in [3.63, 3.8) is 0 Å². The van der Waals surface area contributed by atoms with Gasteiger partial charge in [-0.25, -0.2) is 4.39 Å². The van der Waals surface area contributed by atoms with E-state index < -0.39 is 5.54 Å². The van der Waals surface area contributed by atoms with Crippen molar-refractivity contribution >= 4 is 34.1 Å². The minimum Gasteiger partial charge on any atom is -0.492 e. The van der Waals surface area contributed by atoms with Crippen molar-refractivity contribution in [2.24, 2.45) is 0 Å². The number of carbonyl (C=O) groups excluding carboxylic acids is 2. The number of hydrogen-bond donors (Lipinski definition) is 4. The van der Waals surface area contributed by atoms with Crippen LogP contribution >= 0.6 is 11.3 Å². The highest BCUT2D eigenvalue weighted by molar-refractivity contribution is 7.12. The van der Waals surface area contributed by atoms with Crippen LogP contribution in [0.15, 0.2) is 35.8 Å². The Kier molecular flexibility index (Phi) is 6.76. The van der Waals surface area contributed by atoms with Crippen molar-refractivity contribution in [1.82, 2.24) is 20.9 Å². The number of H-pyrrole nitrogens is 1. The summed E-state index contributed by atoms with van der Waals surface area (Å²) >= 11 is 1.30. The van der Waals surface area contributed by atoms with E-state index in [1.165, 1.54) is 23.5 Å². The summed E-state index contributed by atoms with van der Waals surface area (Å²) in [5, 5.41) is 11.8. The minimum atomic E-state index is -0.984. The highest BCUT2D eigenvalue weighted by atomic mass is 32.1. The average molecular weight is 459 g/mol. The number of aromatic nitrogens is 1. The fourth-order valence-electron chi connectivity index (χ4n) is 4.11. The summed E-state index contributed by atoms with van der Waals surface area (Å²) in [6, 6.07) is 6.38. The molecule has 2 aromatic heterocycles. The van der Waals surface area contributed by atoms with Crippen LogP contribution in [0.3, 0.4) is 0 Å². The molecule has 9 heteroatoms. The Morgan fingerprint density at radius 2 is 2.06 bits per heavy atom. The highest BCUT2D eigenvalue weighted by Crippen LogP contribution is 2.27. The predicted octanol–water partition coefficient (Wildman–Crippen LogP) is 2.98. The second-order valence-corrected chi connectivity index (χ2v) is 8.76. The molecule has 0 unspecified atom stereocenters. The third-order valence-electron chi connectivity index (χ3n) is 5.79. The summed E-state index contributed by atoms with van der Waals surface area (Å²) in [5.74, 6) is -0.259. The first-order valence-corrected chi connectivity index (χ1v) is 11.7. The van der Waals surface area contributed by atoms with Gasteiger partial charge in [0.05, 0.1) is 6.61 Å². The molecule has 0 aliphatic carbocycles. The molecule has 1 fully saturated rings. The first kappa shape index (κ1) is 22.3. The fourth-order valence-corrected chi connectivity index (χ4v) is 4.83. The van der Waals surface area contributed by atoms with Crippen LogP contribution in [0.5, 0.6) is 5.75 Å². The molecule has 0 saturated carbocycles. The van der Waals surface area contributed by atoms with Crippen molar-refractivity contribution in [3.8, 4) is 5.75 Å². The van der Waals surface area contributed by atoms with Gasteiger partial charge in [-0.15, -0.1) is 11.3 Å². The third-order valence-corrected chi connectivity index (χ3v) is 6.68. The SMILES string of the molecule is CCOc1ccsc1C(=O)NC1(C(=O)NCCc2c[nH]c3ccc(F)cc23)CCNCC1. The molecule has 4 N–H and O–H groups in total. The molecule has 2 amide bonds. The zero-order chi connectivity index (χ0) is 22.6. The largest absolute Gasteiger partial charge is 0.492 e. The van der Waals surface area contributed by atoms with E-state index in [9.17, 15) is 14.0 Å². The van der Waals surface area contributed by atoms with E-state index >= 15 is 0 Å². The van der Waals surface area contributed by atoms with Crippen LogP contribution in [0.25, 0.3) is 10.9 Å². The zero-order valence-corrected chi connectivity index (χ0v) is 18.7. The van der Waals surface area contributed by atoms with Gasteiger partial charge in [-0.05, 0) is 74.5 Å². The average Bonchev–Trinajstić information content (AvgIpc) is 3.41. The molecule has 170 valence electrons. The monoisotopic (exact) mass is 458 g/mol. The smallest absolute Gasteiger partial charge is 0.266 e. The van der Waals surface area contributed by atoms with E-state index in [0.29, 0.717) is 56.1 Å². The van der Waals surface area contributed by atoms with E-state index in [2.05, 4.69) is 20.9 Å². The van der Waals surface area contributed by atoms with Crippen molar-refractivity contribution in [2.75, 3.05) is 26.2 Å². The van der Waals surface area contributed by atoms with Crippen LogP contribution < -0.4 is 20.7 Å². The van der Waals surface area contributed by atoms with Gasteiger partial charge in [0.25, 0.3) is 5.91 Å². The van der Waals surface area contributed by atoms with Gasteiger partial charge in [-0.1, -0.05) is 0 Å². The molecule has 4 rings (SSSR count). The molecule has 3 aromatic rings. The van der Waals surface area contributed by atoms with E-state index in [1.807, 2.05) is 13.1 Å². The molecule has 0 spiro atoms. The molecular formula is C23H27FN4O3S. The summed E-state index contributed by atoms with van der Waals surface area (Å²) in [5.41, 5.74) is 0.807. The highest BCUT2D eigenvalue weighted by Gasteiger charge is 2.41. The van der Waals surface area contributed by atoms with E-state index in [0.717, 1.165) is 16.5 Å². The predicted molar refractivity (Wildman–Crippen MR) is 123 cm³/mol. The van der Waals surface area contributed by atoms with Gasteiger partial charge in [-0.2, -0.15) is 0 Å². The number of ether oxygens (including phenoxy) is 1. The number of rotatable bonds is 8. The normalized spacial score (nSPS) is 15.4. The van der Waals surface area contributed by atoms with Crippen LogP contribution in [-0.4, -0.2) is 48.6 Å². The van der Waals surface area contributed by atoms with Gasteiger partial charge >= 0.3 is 0 Å². The van der Waals surface area contributed by atoms with Crippen LogP contribution in [0.2, 0.25) is 0 Å². The maximum atomic E-state index is 13.6. The van der Waals surface area contributed by atoms with E-state index in [-0.39, 0.29) is 17.6 Å². The van der Waals surface area contributed by atoms with Gasteiger partial charge in [0, 0.05) is 23.6 Å². The first-order chi connectivity index (χ1) is 15.5. The number of benzene rings is 1. The quantitative estimate of drug-likeness (QED) is 0.417. The Morgan fingerprint density at radius 1 is 1.25 bits per heavy atom. The molecular weight excluding hydrogens is 431 g/mol. The summed E-state index contributed by atoms with van der Waals surface area (Å²) in [4.78, 5) is 29.8. The topological polar surface area (TPSA) is 95.2 Å². The van der Waals surface area contributed by atoms with Gasteiger partial charge < -0.3 is 25.7 Å². The first-order valence-electron chi connectivity index (χ1n) is 10.8. The molecule has 32 heavy (non-hydrogen) atoms. The molecule has 1 aromatic carbocycles. The van der Waals surface area contributed by atoms with Gasteiger partial charge in [0.15, 0.2) is 0 Å². The number of nitrogens with one attached hydrogen (secondary N) is 4. The number of hydrogen-bond acceptors (Lipinski definition) is 5. The van der Waals surface area contributed by atoms with Crippen molar-refractivity contribution in [2.45, 2.75) is 31.7 Å². The van der Waals surface area contributed by atoms with Gasteiger partial charge in [0.1, 0.15) is 22.0 Å². The van der Waals surface area contributed by atoms with Crippen molar-refractivity contribution < 1.29 is 18.7 Å². The van der Waals surface area contributed by atoms with Crippen LogP contribution in [0, 0.1) is 5.82 Å². The lowest BCUT2D eigenvalue weighted by Crippen LogP contribution is -2.63. The fraction of sp³-hybridized carbons (Fsp3) is 0.391. The Balaban J connectivity index is 1.43. The summed E-state index contributed by atoms with van der Waals surface area (Å²) in [7, 11) is 0. The molecule has 7 nitrogen and oxygen atoms in total. The number of piperidine rings is 1. The van der Waals surface area contributed by atoms with Crippen molar-refractivity contribution in [3.05, 3.63) is 52.1 Å². The molecule has 3 heterocycles. The number of amides is 2. The number of halogens is 1. The third kappa shape index (κ3) is 4.63. The van der Waals surface area contributed by atoms with Crippen LogP contribution in [0.4, 0.5) is 4.39 Å². The summed E-state index contributed by atoms with van der Waals surface area (Å²) in [6.45, 7) is 3.99. The molecule has 0 atom stereocenters. The molecule has 1 aliphatic heterocycles. The van der Waals surface area contributed by atoms with Crippen LogP contribution in [-0.2, 0) is 11.2 Å². The standard InChI is InChI=1S/C23H27FN4O3S/c1-2-31-19-6-12-32-20(19)21(29)28-23(7-10-25-11-8-23)22(30)26-9-5-15-14-27-18-4-3-16(24)13-17(15)18/h3-4,6,12-14,25,27H,2,5,7-11H2,1H3,(H,26,30)(H,28,29). The minimum absolute atomic E-state index is 0.201. The summed E-state index contributed by atoms with van der Waals surface area (Å²) < 4.78 is 19.2. The molecule has 0 bridgehead atoms. The number of carbonyl (C=O) groups is 2. The maximum Gasteiger partial charge on any atom is 0.266 e. The van der Waals surface area contributed by atoms with Crippen molar-refractivity contribution in [1.29, 1.82) is 0 Å². The lowest BCUT2D eigenvalue weighted by atomic mass is 9.87. The molecule has 1 saturated heterocycles. The maximum absolute atomic E-state index is 13.6. The Hall–Kier alpha value is -2.91. The van der Waals surface area contributed by atoms with Crippen LogP contribution in [0.1, 0.15) is 35.0 Å². The molecule has 0 radical (unpaired) electrons. The van der Waals surface area contributed by atoms with E-state index in [1.54, 1.807) is 17.5 Å². The number of fused-ring (bicyclic) bond motifs is 1. The second-order valence-electron chi connectivity index (χ2n) is 7.84. The second kappa shape index (κ2) is 9.70. The lowest BCUT2D eigenvalue weighted by Gasteiger charge is -2.37. The van der Waals surface area contributed by atoms with Gasteiger partial charge in [0.2, 0.25) is 5.91 Å². The Morgan fingerprint density at radius 3 is 2.84 bits per heavy atom. The Labute approximate surface area is 189 Å². The Bertz CT molecular complexity index is 1100. The number of aromatic amines is 1.